The van der Waals surface area contributed by atoms with Gasteiger partial charge in [0, 0.05) is 38.1 Å². The standard InChI is InChI=1S/C18H18N4O5S/c1-22(2)28(24,25)13-6-7-16(26-3)14(9-13)20-18(23)15-10-17(27-21-15)12-5-4-8-19-11-12/h4-11H,1-3H3,(H,20,23). The smallest absolute Gasteiger partial charge is 0.277 e. The molecular formula is C18H18N4O5S. The third-order valence-electron chi connectivity index (χ3n) is 3.89. The number of hydrogen-bond acceptors (Lipinski definition) is 7. The minimum Gasteiger partial charge on any atom is -0.495 e. The van der Waals surface area contributed by atoms with Crippen LogP contribution in [0, 0.1) is 0 Å². The average molecular weight is 402 g/mol. The summed E-state index contributed by atoms with van der Waals surface area (Å²) in [6, 6.07) is 9.18. The van der Waals surface area contributed by atoms with Crippen LogP contribution in [0.5, 0.6) is 5.75 Å². The van der Waals surface area contributed by atoms with Crippen molar-refractivity contribution < 1.29 is 22.5 Å². The van der Waals surface area contributed by atoms with Gasteiger partial charge in [0.1, 0.15) is 5.75 Å². The second-order valence-corrected chi connectivity index (χ2v) is 8.07. The van der Waals surface area contributed by atoms with Gasteiger partial charge in [-0.1, -0.05) is 5.16 Å². The lowest BCUT2D eigenvalue weighted by atomic mass is 10.2. The third kappa shape index (κ3) is 3.87. The molecule has 0 radical (unpaired) electrons. The lowest BCUT2D eigenvalue weighted by Gasteiger charge is -2.14. The summed E-state index contributed by atoms with van der Waals surface area (Å²) in [7, 11) is 0.595. The van der Waals surface area contributed by atoms with E-state index < -0.39 is 15.9 Å². The molecule has 146 valence electrons. The lowest BCUT2D eigenvalue weighted by molar-refractivity contribution is 0.101. The number of methoxy groups -OCH3 is 1. The van der Waals surface area contributed by atoms with Crippen molar-refractivity contribution >= 4 is 21.6 Å². The zero-order valence-corrected chi connectivity index (χ0v) is 16.2. The number of benzene rings is 1. The van der Waals surface area contributed by atoms with Gasteiger partial charge in [0.05, 0.1) is 17.7 Å². The van der Waals surface area contributed by atoms with E-state index in [0.29, 0.717) is 17.1 Å². The summed E-state index contributed by atoms with van der Waals surface area (Å²) < 4.78 is 36.2. The number of carbonyl (C=O) groups is 1. The molecule has 3 aromatic rings. The number of ether oxygens (including phenoxy) is 1. The van der Waals surface area contributed by atoms with E-state index in [1.54, 1.807) is 24.5 Å². The molecule has 0 bridgehead atoms. The summed E-state index contributed by atoms with van der Waals surface area (Å²) in [6.45, 7) is 0. The van der Waals surface area contributed by atoms with Gasteiger partial charge in [-0.15, -0.1) is 0 Å². The van der Waals surface area contributed by atoms with Gasteiger partial charge in [-0.05, 0) is 30.3 Å². The van der Waals surface area contributed by atoms with Gasteiger partial charge in [0.25, 0.3) is 5.91 Å². The zero-order chi connectivity index (χ0) is 20.3. The Hall–Kier alpha value is -3.24. The molecule has 1 amide bonds. The first kappa shape index (κ1) is 19.5. The van der Waals surface area contributed by atoms with Gasteiger partial charge in [0.2, 0.25) is 10.0 Å². The molecule has 2 aromatic heterocycles. The normalized spacial score (nSPS) is 11.4. The fourth-order valence-corrected chi connectivity index (χ4v) is 3.30. The maximum absolute atomic E-state index is 12.6. The van der Waals surface area contributed by atoms with Crippen molar-refractivity contribution in [2.24, 2.45) is 0 Å². The van der Waals surface area contributed by atoms with Gasteiger partial charge in [-0.3, -0.25) is 9.78 Å². The fraction of sp³-hybridized carbons (Fsp3) is 0.167. The predicted molar refractivity (Wildman–Crippen MR) is 102 cm³/mol. The van der Waals surface area contributed by atoms with E-state index in [0.717, 1.165) is 4.31 Å². The van der Waals surface area contributed by atoms with E-state index in [-0.39, 0.29) is 16.3 Å². The quantitative estimate of drug-likeness (QED) is 0.672. The molecule has 0 aliphatic carbocycles. The topological polar surface area (TPSA) is 115 Å². The average Bonchev–Trinajstić information content (AvgIpc) is 3.19. The highest BCUT2D eigenvalue weighted by molar-refractivity contribution is 7.89. The number of carbonyl (C=O) groups excluding carboxylic acids is 1. The Morgan fingerprint density at radius 2 is 2.00 bits per heavy atom. The Kier molecular flexibility index (Phi) is 5.43. The van der Waals surface area contributed by atoms with Gasteiger partial charge < -0.3 is 14.6 Å². The number of pyridine rings is 1. The van der Waals surface area contributed by atoms with E-state index in [2.05, 4.69) is 15.5 Å². The molecule has 2 heterocycles. The van der Waals surface area contributed by atoms with Gasteiger partial charge >= 0.3 is 0 Å². The molecule has 0 aliphatic rings. The Morgan fingerprint density at radius 3 is 2.64 bits per heavy atom. The fourth-order valence-electron chi connectivity index (χ4n) is 2.37. The van der Waals surface area contributed by atoms with Crippen LogP contribution in [-0.4, -0.2) is 50.0 Å². The summed E-state index contributed by atoms with van der Waals surface area (Å²) in [6.07, 6.45) is 3.20. The van der Waals surface area contributed by atoms with E-state index in [1.807, 2.05) is 0 Å². The van der Waals surface area contributed by atoms with Crippen molar-refractivity contribution in [3.63, 3.8) is 0 Å². The molecule has 1 N–H and O–H groups in total. The van der Waals surface area contributed by atoms with Crippen LogP contribution in [0.15, 0.2) is 58.2 Å². The van der Waals surface area contributed by atoms with E-state index >= 15 is 0 Å². The summed E-state index contributed by atoms with van der Waals surface area (Å²) in [4.78, 5) is 16.6. The minimum atomic E-state index is -3.67. The number of rotatable bonds is 6. The summed E-state index contributed by atoms with van der Waals surface area (Å²) >= 11 is 0. The molecule has 0 saturated carbocycles. The molecule has 0 atom stereocenters. The number of aromatic nitrogens is 2. The van der Waals surface area contributed by atoms with Crippen LogP contribution in [0.25, 0.3) is 11.3 Å². The van der Waals surface area contributed by atoms with Crippen molar-refractivity contribution in [3.8, 4) is 17.1 Å². The first-order valence-corrected chi connectivity index (χ1v) is 9.56. The maximum atomic E-state index is 12.6. The largest absolute Gasteiger partial charge is 0.495 e. The number of nitrogens with zero attached hydrogens (tertiary/aromatic N) is 3. The number of anilines is 1. The Morgan fingerprint density at radius 1 is 1.21 bits per heavy atom. The monoisotopic (exact) mass is 402 g/mol. The van der Waals surface area contributed by atoms with Crippen LogP contribution in [-0.2, 0) is 10.0 Å². The first-order valence-electron chi connectivity index (χ1n) is 8.12. The maximum Gasteiger partial charge on any atom is 0.277 e. The van der Waals surface area contributed by atoms with Crippen molar-refractivity contribution in [1.29, 1.82) is 0 Å². The highest BCUT2D eigenvalue weighted by Gasteiger charge is 2.21. The number of amides is 1. The SMILES string of the molecule is COc1ccc(S(=O)(=O)N(C)C)cc1NC(=O)c1cc(-c2cccnc2)on1. The molecule has 9 nitrogen and oxygen atoms in total. The Bertz CT molecular complexity index is 1090. The van der Waals surface area contributed by atoms with E-state index in [4.69, 9.17) is 9.26 Å². The molecule has 28 heavy (non-hydrogen) atoms. The number of sulfonamides is 1. The highest BCUT2D eigenvalue weighted by atomic mass is 32.2. The van der Waals surface area contributed by atoms with Gasteiger partial charge in [-0.25, -0.2) is 12.7 Å². The zero-order valence-electron chi connectivity index (χ0n) is 15.4. The Labute approximate surface area is 162 Å². The molecule has 0 aliphatic heterocycles. The number of nitrogens with one attached hydrogen (secondary N) is 1. The molecular weight excluding hydrogens is 384 g/mol. The molecule has 10 heteroatoms. The van der Waals surface area contributed by atoms with E-state index in [1.165, 1.54) is 45.5 Å². The molecule has 1 aromatic carbocycles. The van der Waals surface area contributed by atoms with Crippen LogP contribution in [0.2, 0.25) is 0 Å². The summed E-state index contributed by atoms with van der Waals surface area (Å²) in [5.41, 5.74) is 0.897. The van der Waals surface area contributed by atoms with Crippen LogP contribution in [0.1, 0.15) is 10.5 Å². The molecule has 0 saturated heterocycles. The lowest BCUT2D eigenvalue weighted by Crippen LogP contribution is -2.22. The van der Waals surface area contributed by atoms with Gasteiger partial charge in [-0.2, -0.15) is 0 Å². The second-order valence-electron chi connectivity index (χ2n) is 5.92. The first-order chi connectivity index (χ1) is 13.3. The molecule has 3 rings (SSSR count). The minimum absolute atomic E-state index is 0.0183. The number of hydrogen-bond donors (Lipinski definition) is 1. The molecule has 0 spiro atoms. The molecule has 0 fully saturated rings. The van der Waals surface area contributed by atoms with E-state index in [9.17, 15) is 13.2 Å². The van der Waals surface area contributed by atoms with Crippen LogP contribution in [0.4, 0.5) is 5.69 Å². The second kappa shape index (κ2) is 7.79. The Balaban J connectivity index is 1.89. The predicted octanol–water partition coefficient (Wildman–Crippen LogP) is 2.25. The third-order valence-corrected chi connectivity index (χ3v) is 5.70. The van der Waals surface area contributed by atoms with Crippen LogP contribution >= 0.6 is 0 Å². The highest BCUT2D eigenvalue weighted by Crippen LogP contribution is 2.29. The van der Waals surface area contributed by atoms with Crippen LogP contribution < -0.4 is 10.1 Å². The van der Waals surface area contributed by atoms with Crippen molar-refractivity contribution in [3.05, 3.63) is 54.5 Å². The summed E-state index contributed by atoms with van der Waals surface area (Å²) in [5.74, 6) is 0.118. The van der Waals surface area contributed by atoms with Crippen molar-refractivity contribution in [2.45, 2.75) is 4.90 Å². The van der Waals surface area contributed by atoms with Crippen LogP contribution in [0.3, 0.4) is 0 Å². The van der Waals surface area contributed by atoms with Crippen molar-refractivity contribution in [2.75, 3.05) is 26.5 Å². The summed E-state index contributed by atoms with van der Waals surface area (Å²) in [5, 5.41) is 6.37. The molecule has 0 unspecified atom stereocenters. The van der Waals surface area contributed by atoms with Gasteiger partial charge in [0.15, 0.2) is 11.5 Å². The van der Waals surface area contributed by atoms with Crippen molar-refractivity contribution in [1.82, 2.24) is 14.4 Å².